The first-order chi connectivity index (χ1) is 9.54. The fourth-order valence-electron chi connectivity index (χ4n) is 1.35. The number of rotatable bonds is 7. The van der Waals surface area contributed by atoms with Crippen molar-refractivity contribution >= 4 is 23.5 Å². The fraction of sp³-hybridized carbons (Fsp3) is 0.385. The first-order valence-corrected chi connectivity index (χ1v) is 6.28. The second-order valence-electron chi connectivity index (χ2n) is 3.79. The van der Waals surface area contributed by atoms with Gasteiger partial charge in [-0.05, 0) is 18.6 Å². The molecule has 1 aromatic carbocycles. The fourth-order valence-corrected chi connectivity index (χ4v) is 1.55. The summed E-state index contributed by atoms with van der Waals surface area (Å²) in [6.45, 7) is -1.05. The lowest BCUT2D eigenvalue weighted by Crippen LogP contribution is -2.11. The lowest BCUT2D eigenvalue weighted by molar-refractivity contribution is -0.144. The molecule has 0 atom stereocenters. The number of halogens is 3. The molecule has 110 valence electrons. The minimum absolute atomic E-state index is 0.0132. The maximum Gasteiger partial charge on any atom is 0.311 e. The van der Waals surface area contributed by atoms with Gasteiger partial charge in [0.15, 0.2) is 11.6 Å². The van der Waals surface area contributed by atoms with Crippen molar-refractivity contribution in [2.45, 2.75) is 19.3 Å². The summed E-state index contributed by atoms with van der Waals surface area (Å²) in [7, 11) is 0. The zero-order chi connectivity index (χ0) is 15.0. The van der Waals surface area contributed by atoms with E-state index in [2.05, 4.69) is 4.74 Å². The van der Waals surface area contributed by atoms with Crippen LogP contribution >= 0.6 is 11.6 Å². The molecular formula is C13H13ClF2O4. The second-order valence-corrected chi connectivity index (χ2v) is 4.20. The van der Waals surface area contributed by atoms with Crippen LogP contribution in [0, 0.1) is 5.82 Å². The highest BCUT2D eigenvalue weighted by molar-refractivity contribution is 6.32. The molecule has 0 radical (unpaired) electrons. The molecule has 0 fully saturated rings. The van der Waals surface area contributed by atoms with Crippen molar-refractivity contribution in [3.05, 3.63) is 29.0 Å². The van der Waals surface area contributed by atoms with Gasteiger partial charge in [0.05, 0.1) is 5.02 Å². The zero-order valence-corrected chi connectivity index (χ0v) is 11.3. The van der Waals surface area contributed by atoms with Gasteiger partial charge in [0.2, 0.25) is 0 Å². The highest BCUT2D eigenvalue weighted by atomic mass is 35.5. The number of esters is 2. The normalized spacial score (nSPS) is 10.2. The summed E-state index contributed by atoms with van der Waals surface area (Å²) < 4.78 is 34.3. The molecule has 0 N–H and O–H groups in total. The molecule has 0 aliphatic rings. The average molecular weight is 307 g/mol. The van der Waals surface area contributed by atoms with Gasteiger partial charge in [-0.1, -0.05) is 17.7 Å². The molecule has 0 aliphatic heterocycles. The maximum absolute atomic E-state index is 13.3. The second kappa shape index (κ2) is 8.47. The van der Waals surface area contributed by atoms with Crippen molar-refractivity contribution < 1.29 is 27.8 Å². The van der Waals surface area contributed by atoms with Crippen molar-refractivity contribution in [1.29, 1.82) is 0 Å². The Morgan fingerprint density at radius 1 is 1.20 bits per heavy atom. The monoisotopic (exact) mass is 306 g/mol. The van der Waals surface area contributed by atoms with Crippen LogP contribution in [0.3, 0.4) is 0 Å². The molecule has 0 spiro atoms. The van der Waals surface area contributed by atoms with Gasteiger partial charge in [-0.2, -0.15) is 0 Å². The molecule has 7 heteroatoms. The lowest BCUT2D eigenvalue weighted by atomic mass is 10.2. The number of hydrogen-bond donors (Lipinski definition) is 0. The van der Waals surface area contributed by atoms with Crippen molar-refractivity contribution in [3.63, 3.8) is 0 Å². The van der Waals surface area contributed by atoms with Crippen molar-refractivity contribution in [2.75, 3.05) is 13.3 Å². The van der Waals surface area contributed by atoms with E-state index in [0.29, 0.717) is 0 Å². The molecule has 0 heterocycles. The Bertz CT molecular complexity index is 459. The van der Waals surface area contributed by atoms with Crippen molar-refractivity contribution in [2.24, 2.45) is 0 Å². The highest BCUT2D eigenvalue weighted by Crippen LogP contribution is 2.27. The number of para-hydroxylation sites is 1. The van der Waals surface area contributed by atoms with E-state index in [4.69, 9.17) is 16.3 Å². The van der Waals surface area contributed by atoms with Gasteiger partial charge in [-0.25, -0.2) is 8.78 Å². The summed E-state index contributed by atoms with van der Waals surface area (Å²) in [6.07, 6.45) is 0.0194. The van der Waals surface area contributed by atoms with Gasteiger partial charge < -0.3 is 9.47 Å². The van der Waals surface area contributed by atoms with Gasteiger partial charge in [-0.15, -0.1) is 0 Å². The van der Waals surface area contributed by atoms with Crippen LogP contribution in [0.25, 0.3) is 0 Å². The van der Waals surface area contributed by atoms with Crippen LogP contribution < -0.4 is 4.74 Å². The largest absolute Gasteiger partial charge is 0.463 e. The van der Waals surface area contributed by atoms with E-state index in [-0.39, 0.29) is 36.6 Å². The molecule has 0 amide bonds. The van der Waals surface area contributed by atoms with E-state index in [9.17, 15) is 18.4 Å². The zero-order valence-electron chi connectivity index (χ0n) is 10.5. The van der Waals surface area contributed by atoms with Gasteiger partial charge in [0.1, 0.15) is 13.3 Å². The van der Waals surface area contributed by atoms with Crippen LogP contribution in [-0.2, 0) is 14.3 Å². The summed E-state index contributed by atoms with van der Waals surface area (Å²) in [5, 5.41) is -0.0132. The topological polar surface area (TPSA) is 52.6 Å². The van der Waals surface area contributed by atoms with E-state index in [1.54, 1.807) is 0 Å². The summed E-state index contributed by atoms with van der Waals surface area (Å²) >= 11 is 5.69. The Hall–Kier alpha value is -1.69. The SMILES string of the molecule is O=C(CCCC(=O)Oc1c(F)cccc1Cl)OCCF. The van der Waals surface area contributed by atoms with E-state index in [1.807, 2.05) is 0 Å². The minimum Gasteiger partial charge on any atom is -0.463 e. The van der Waals surface area contributed by atoms with E-state index in [0.717, 1.165) is 6.07 Å². The molecule has 0 unspecified atom stereocenters. The van der Waals surface area contributed by atoms with Crippen molar-refractivity contribution in [1.82, 2.24) is 0 Å². The lowest BCUT2D eigenvalue weighted by Gasteiger charge is -2.07. The maximum atomic E-state index is 13.3. The van der Waals surface area contributed by atoms with Crippen LogP contribution in [0.1, 0.15) is 19.3 Å². The predicted octanol–water partition coefficient (Wildman–Crippen LogP) is 3.07. The molecule has 20 heavy (non-hydrogen) atoms. The first kappa shape index (κ1) is 16.4. The Morgan fingerprint density at radius 3 is 2.55 bits per heavy atom. The van der Waals surface area contributed by atoms with Crippen LogP contribution in [-0.4, -0.2) is 25.2 Å². The highest BCUT2D eigenvalue weighted by Gasteiger charge is 2.13. The number of ether oxygens (including phenoxy) is 2. The van der Waals surface area contributed by atoms with Crippen molar-refractivity contribution in [3.8, 4) is 5.75 Å². The Balaban J connectivity index is 2.36. The van der Waals surface area contributed by atoms with Crippen LogP contribution in [0.4, 0.5) is 8.78 Å². The van der Waals surface area contributed by atoms with Crippen LogP contribution in [0.2, 0.25) is 5.02 Å². The number of alkyl halides is 1. The van der Waals surface area contributed by atoms with Gasteiger partial charge in [0, 0.05) is 12.8 Å². The van der Waals surface area contributed by atoms with Crippen LogP contribution in [0.5, 0.6) is 5.75 Å². The molecule has 0 aliphatic carbocycles. The van der Waals surface area contributed by atoms with Gasteiger partial charge in [0.25, 0.3) is 0 Å². The third-order valence-electron chi connectivity index (χ3n) is 2.24. The molecule has 1 rings (SSSR count). The van der Waals surface area contributed by atoms with Gasteiger partial charge >= 0.3 is 11.9 Å². The molecular weight excluding hydrogens is 294 g/mol. The van der Waals surface area contributed by atoms with E-state index >= 15 is 0 Å². The third-order valence-corrected chi connectivity index (χ3v) is 2.53. The quantitative estimate of drug-likeness (QED) is 0.574. The molecule has 0 aromatic heterocycles. The van der Waals surface area contributed by atoms with Crippen LogP contribution in [0.15, 0.2) is 18.2 Å². The van der Waals surface area contributed by atoms with E-state index < -0.39 is 24.4 Å². The van der Waals surface area contributed by atoms with Gasteiger partial charge in [-0.3, -0.25) is 9.59 Å². The Labute approximate surface area is 119 Å². The Morgan fingerprint density at radius 2 is 1.90 bits per heavy atom. The summed E-state index contributed by atoms with van der Waals surface area (Å²) in [5.74, 6) is -2.39. The summed E-state index contributed by atoms with van der Waals surface area (Å²) in [4.78, 5) is 22.5. The average Bonchev–Trinajstić information content (AvgIpc) is 2.41. The standard InChI is InChI=1S/C13H13ClF2O4/c14-9-3-1-4-10(16)13(9)20-12(18)6-2-5-11(17)19-8-7-15/h1,3-4H,2,5-8H2. The summed E-state index contributed by atoms with van der Waals surface area (Å²) in [6, 6.07) is 3.89. The Kier molecular flexibility index (Phi) is 6.93. The molecule has 0 bridgehead atoms. The number of carbonyl (C=O) groups excluding carboxylic acids is 2. The predicted molar refractivity (Wildman–Crippen MR) is 67.8 cm³/mol. The molecule has 0 saturated heterocycles. The number of benzene rings is 1. The molecule has 0 saturated carbocycles. The smallest absolute Gasteiger partial charge is 0.311 e. The van der Waals surface area contributed by atoms with E-state index in [1.165, 1.54) is 12.1 Å². The number of hydrogen-bond acceptors (Lipinski definition) is 4. The first-order valence-electron chi connectivity index (χ1n) is 5.91. The molecule has 4 nitrogen and oxygen atoms in total. The number of carbonyl (C=O) groups is 2. The summed E-state index contributed by atoms with van der Waals surface area (Å²) in [5.41, 5.74) is 0. The molecule has 1 aromatic rings. The third kappa shape index (κ3) is 5.52. The minimum atomic E-state index is -0.750.